The van der Waals surface area contributed by atoms with E-state index in [2.05, 4.69) is 4.98 Å². The van der Waals surface area contributed by atoms with E-state index in [4.69, 9.17) is 4.42 Å². The number of rotatable bonds is 2. The average Bonchev–Trinajstić information content (AvgIpc) is 2.94. The fourth-order valence-electron chi connectivity index (χ4n) is 2.28. The van der Waals surface area contributed by atoms with Crippen LogP contribution in [0.3, 0.4) is 0 Å². The van der Waals surface area contributed by atoms with Gasteiger partial charge in [0.05, 0.1) is 17.5 Å². The summed E-state index contributed by atoms with van der Waals surface area (Å²) < 4.78 is 5.39. The molecule has 90 valence electrons. The van der Waals surface area contributed by atoms with Crippen LogP contribution in [0.15, 0.2) is 41.0 Å². The summed E-state index contributed by atoms with van der Waals surface area (Å²) in [6.45, 7) is 3.60. The summed E-state index contributed by atoms with van der Waals surface area (Å²) in [7, 11) is 0. The second-order valence-corrected chi connectivity index (χ2v) is 4.46. The lowest BCUT2D eigenvalue weighted by atomic mass is 10.0. The van der Waals surface area contributed by atoms with Crippen LogP contribution in [0.25, 0.3) is 22.4 Å². The Morgan fingerprint density at radius 3 is 2.78 bits per heavy atom. The number of H-pyrrole nitrogens is 1. The second-order valence-electron chi connectivity index (χ2n) is 4.46. The highest BCUT2D eigenvalue weighted by molar-refractivity contribution is 6.12. The molecule has 2 aromatic heterocycles. The van der Waals surface area contributed by atoms with E-state index >= 15 is 0 Å². The largest absolute Gasteiger partial charge is 0.463 e. The highest BCUT2D eigenvalue weighted by Gasteiger charge is 2.18. The maximum Gasteiger partial charge on any atom is 0.162 e. The number of nitrogens with one attached hydrogen (secondary N) is 1. The van der Waals surface area contributed by atoms with E-state index in [0.29, 0.717) is 11.3 Å². The predicted molar refractivity (Wildman–Crippen MR) is 70.7 cm³/mol. The Hall–Kier alpha value is -2.29. The van der Waals surface area contributed by atoms with Gasteiger partial charge in [0, 0.05) is 10.9 Å². The lowest BCUT2D eigenvalue weighted by Crippen LogP contribution is -1.93. The standard InChI is InChI=1S/C15H13NO2/c1-9-5-6-12-11(8-9)14(10(2)17)15(16-12)13-4-3-7-18-13/h3-8,16H,1-2H3. The molecule has 0 fully saturated rings. The first-order chi connectivity index (χ1) is 8.66. The molecule has 3 rings (SSSR count). The van der Waals surface area contributed by atoms with Crippen molar-refractivity contribution in [2.45, 2.75) is 13.8 Å². The number of hydrogen-bond donors (Lipinski definition) is 1. The van der Waals surface area contributed by atoms with E-state index in [0.717, 1.165) is 22.2 Å². The Morgan fingerprint density at radius 1 is 1.28 bits per heavy atom. The molecule has 0 bridgehead atoms. The summed E-state index contributed by atoms with van der Waals surface area (Å²) in [6, 6.07) is 9.70. The smallest absolute Gasteiger partial charge is 0.162 e. The molecular weight excluding hydrogens is 226 g/mol. The molecule has 1 aromatic carbocycles. The zero-order chi connectivity index (χ0) is 12.7. The van der Waals surface area contributed by atoms with Gasteiger partial charge in [-0.25, -0.2) is 0 Å². The summed E-state index contributed by atoms with van der Waals surface area (Å²) in [4.78, 5) is 15.1. The lowest BCUT2D eigenvalue weighted by molar-refractivity contribution is 0.101. The first-order valence-electron chi connectivity index (χ1n) is 5.84. The summed E-state index contributed by atoms with van der Waals surface area (Å²) >= 11 is 0. The molecule has 18 heavy (non-hydrogen) atoms. The van der Waals surface area contributed by atoms with E-state index < -0.39 is 0 Å². The third-order valence-electron chi connectivity index (χ3n) is 3.07. The highest BCUT2D eigenvalue weighted by Crippen LogP contribution is 2.31. The minimum atomic E-state index is 0.0400. The monoisotopic (exact) mass is 239 g/mol. The number of aromatic amines is 1. The Bertz CT molecular complexity index is 720. The number of hydrogen-bond acceptors (Lipinski definition) is 2. The van der Waals surface area contributed by atoms with Gasteiger partial charge in [-0.05, 0) is 38.1 Å². The number of fused-ring (bicyclic) bond motifs is 1. The molecule has 0 amide bonds. The van der Waals surface area contributed by atoms with E-state index in [9.17, 15) is 4.79 Å². The fourth-order valence-corrected chi connectivity index (χ4v) is 2.28. The quantitative estimate of drug-likeness (QED) is 0.688. The van der Waals surface area contributed by atoms with Gasteiger partial charge < -0.3 is 9.40 Å². The molecule has 0 atom stereocenters. The van der Waals surface area contributed by atoms with E-state index in [1.165, 1.54) is 0 Å². The van der Waals surface area contributed by atoms with E-state index in [-0.39, 0.29) is 5.78 Å². The summed E-state index contributed by atoms with van der Waals surface area (Å²) in [5.41, 5.74) is 3.55. The number of furan rings is 1. The lowest BCUT2D eigenvalue weighted by Gasteiger charge is -1.98. The highest BCUT2D eigenvalue weighted by atomic mass is 16.3. The van der Waals surface area contributed by atoms with Crippen molar-refractivity contribution in [2.75, 3.05) is 0 Å². The number of benzene rings is 1. The van der Waals surface area contributed by atoms with Gasteiger partial charge >= 0.3 is 0 Å². The average molecular weight is 239 g/mol. The topological polar surface area (TPSA) is 46.0 Å². The maximum absolute atomic E-state index is 11.9. The molecule has 0 saturated heterocycles. The van der Waals surface area contributed by atoms with Crippen LogP contribution in [0.5, 0.6) is 0 Å². The number of ketones is 1. The Labute approximate surface area is 104 Å². The van der Waals surface area contributed by atoms with Gasteiger partial charge in [-0.2, -0.15) is 0 Å². The van der Waals surface area contributed by atoms with Crippen LogP contribution in [0.2, 0.25) is 0 Å². The zero-order valence-electron chi connectivity index (χ0n) is 10.3. The van der Waals surface area contributed by atoms with Gasteiger partial charge in [-0.3, -0.25) is 4.79 Å². The maximum atomic E-state index is 11.9. The summed E-state index contributed by atoms with van der Waals surface area (Å²) in [6.07, 6.45) is 1.61. The van der Waals surface area contributed by atoms with Gasteiger partial charge in [-0.15, -0.1) is 0 Å². The van der Waals surface area contributed by atoms with Crippen LogP contribution in [0.4, 0.5) is 0 Å². The molecular formula is C15H13NO2. The minimum absolute atomic E-state index is 0.0400. The van der Waals surface area contributed by atoms with Crippen LogP contribution in [-0.2, 0) is 0 Å². The van der Waals surface area contributed by atoms with Crippen molar-refractivity contribution in [1.82, 2.24) is 4.98 Å². The SMILES string of the molecule is CC(=O)c1c(-c2ccco2)[nH]c2ccc(C)cc12. The number of carbonyl (C=O) groups excluding carboxylic acids is 1. The van der Waals surface area contributed by atoms with Gasteiger partial charge in [-0.1, -0.05) is 11.6 Å². The van der Waals surface area contributed by atoms with Crippen molar-refractivity contribution >= 4 is 16.7 Å². The van der Waals surface area contributed by atoms with Crippen molar-refractivity contribution in [3.63, 3.8) is 0 Å². The van der Waals surface area contributed by atoms with Crippen molar-refractivity contribution in [3.8, 4) is 11.5 Å². The molecule has 1 N–H and O–H groups in total. The molecule has 0 radical (unpaired) electrons. The predicted octanol–water partition coefficient (Wildman–Crippen LogP) is 3.94. The molecule has 2 heterocycles. The van der Waals surface area contributed by atoms with Crippen molar-refractivity contribution in [3.05, 3.63) is 47.7 Å². The van der Waals surface area contributed by atoms with E-state index in [1.54, 1.807) is 13.2 Å². The third-order valence-corrected chi connectivity index (χ3v) is 3.07. The van der Waals surface area contributed by atoms with Crippen LogP contribution >= 0.6 is 0 Å². The van der Waals surface area contributed by atoms with Crippen LogP contribution < -0.4 is 0 Å². The van der Waals surface area contributed by atoms with Gasteiger partial charge in [0.15, 0.2) is 11.5 Å². The third kappa shape index (κ3) is 1.56. The first kappa shape index (κ1) is 10.8. The molecule has 0 aliphatic rings. The number of Topliss-reactive ketones (excluding diaryl/α,β-unsaturated/α-hetero) is 1. The van der Waals surface area contributed by atoms with E-state index in [1.807, 2.05) is 37.3 Å². The van der Waals surface area contributed by atoms with Crippen LogP contribution in [0.1, 0.15) is 22.8 Å². The van der Waals surface area contributed by atoms with Crippen molar-refractivity contribution in [1.29, 1.82) is 0 Å². The normalized spacial score (nSPS) is 11.0. The molecule has 3 aromatic rings. The number of aryl methyl sites for hydroxylation is 1. The fraction of sp³-hybridized carbons (Fsp3) is 0.133. The van der Waals surface area contributed by atoms with Gasteiger partial charge in [0.1, 0.15) is 0 Å². The van der Waals surface area contributed by atoms with Crippen LogP contribution in [-0.4, -0.2) is 10.8 Å². The Balaban J connectivity index is 2.38. The molecule has 0 aliphatic heterocycles. The summed E-state index contributed by atoms with van der Waals surface area (Å²) in [5, 5.41) is 0.953. The Morgan fingerprint density at radius 2 is 2.11 bits per heavy atom. The zero-order valence-corrected chi connectivity index (χ0v) is 10.3. The molecule has 0 aliphatic carbocycles. The van der Waals surface area contributed by atoms with Gasteiger partial charge in [0.2, 0.25) is 0 Å². The summed E-state index contributed by atoms with van der Waals surface area (Å²) in [5.74, 6) is 0.729. The second kappa shape index (κ2) is 3.88. The molecule has 3 nitrogen and oxygen atoms in total. The molecule has 0 unspecified atom stereocenters. The van der Waals surface area contributed by atoms with Gasteiger partial charge in [0.25, 0.3) is 0 Å². The Kier molecular flexibility index (Phi) is 2.33. The number of aromatic nitrogens is 1. The van der Waals surface area contributed by atoms with Crippen molar-refractivity contribution in [2.24, 2.45) is 0 Å². The van der Waals surface area contributed by atoms with Crippen LogP contribution in [0, 0.1) is 6.92 Å². The minimum Gasteiger partial charge on any atom is -0.463 e. The molecule has 3 heteroatoms. The molecule has 0 saturated carbocycles. The van der Waals surface area contributed by atoms with Crippen molar-refractivity contribution < 1.29 is 9.21 Å². The first-order valence-corrected chi connectivity index (χ1v) is 5.84. The molecule has 0 spiro atoms. The number of carbonyl (C=O) groups is 1.